The summed E-state index contributed by atoms with van der Waals surface area (Å²) in [5.74, 6) is 0.00407. The van der Waals surface area contributed by atoms with Gasteiger partial charge in [0.1, 0.15) is 5.75 Å². The van der Waals surface area contributed by atoms with Gasteiger partial charge in [0.25, 0.3) is 6.43 Å². The first-order valence-electron chi connectivity index (χ1n) is 3.81. The maximum absolute atomic E-state index is 12.3. The summed E-state index contributed by atoms with van der Waals surface area (Å²) in [6, 6.07) is 4.47. The molecule has 0 atom stereocenters. The number of thiophene rings is 1. The van der Waals surface area contributed by atoms with E-state index in [-0.39, 0.29) is 10.6 Å². The van der Waals surface area contributed by atoms with Crippen LogP contribution in [0.15, 0.2) is 23.1 Å². The highest BCUT2D eigenvalue weighted by atomic mass is 32.1. The average molecular weight is 232 g/mol. The van der Waals surface area contributed by atoms with Crippen LogP contribution in [-0.2, 0) is 0 Å². The molecule has 0 bridgehead atoms. The second kappa shape index (κ2) is 3.40. The highest BCUT2D eigenvalue weighted by Gasteiger charge is 2.13. The van der Waals surface area contributed by atoms with Crippen LogP contribution in [0.1, 0.15) is 11.3 Å². The predicted molar refractivity (Wildman–Crippen MR) is 55.7 cm³/mol. The number of benzene rings is 1. The predicted octanol–water partition coefficient (Wildman–Crippen LogP) is 3.83. The monoisotopic (exact) mass is 232 g/mol. The normalized spacial score (nSPS) is 11.4. The van der Waals surface area contributed by atoms with Crippen molar-refractivity contribution in [3.05, 3.63) is 23.1 Å². The fourth-order valence-electron chi connectivity index (χ4n) is 1.25. The van der Waals surface area contributed by atoms with E-state index in [4.69, 9.17) is 0 Å². The van der Waals surface area contributed by atoms with Gasteiger partial charge in [-0.3, -0.25) is 0 Å². The van der Waals surface area contributed by atoms with Gasteiger partial charge in [0.05, 0.1) is 9.58 Å². The van der Waals surface area contributed by atoms with E-state index in [1.807, 2.05) is 0 Å². The van der Waals surface area contributed by atoms with E-state index >= 15 is 0 Å². The molecule has 0 saturated heterocycles. The van der Waals surface area contributed by atoms with Gasteiger partial charge in [-0.05, 0) is 23.6 Å². The van der Waals surface area contributed by atoms with Gasteiger partial charge in [-0.15, -0.1) is 24.0 Å². The van der Waals surface area contributed by atoms with Crippen molar-refractivity contribution in [2.75, 3.05) is 0 Å². The zero-order chi connectivity index (χ0) is 10.3. The minimum Gasteiger partial charge on any atom is -0.506 e. The fraction of sp³-hybridized carbons (Fsp3) is 0.111. The number of alkyl halides is 2. The van der Waals surface area contributed by atoms with Gasteiger partial charge in [-0.25, -0.2) is 8.78 Å². The number of phenols is 1. The maximum Gasteiger partial charge on any atom is 0.272 e. The molecule has 0 saturated carbocycles. The zero-order valence-electron chi connectivity index (χ0n) is 6.87. The lowest BCUT2D eigenvalue weighted by molar-refractivity contribution is 0.156. The Morgan fingerprint density at radius 1 is 1.29 bits per heavy atom. The summed E-state index contributed by atoms with van der Waals surface area (Å²) in [5.41, 5.74) is 0. The Morgan fingerprint density at radius 2 is 2.00 bits per heavy atom. The number of halogens is 2. The van der Waals surface area contributed by atoms with Gasteiger partial charge in [0.15, 0.2) is 0 Å². The van der Waals surface area contributed by atoms with Crippen LogP contribution in [0.3, 0.4) is 0 Å². The van der Waals surface area contributed by atoms with Crippen molar-refractivity contribution in [3.63, 3.8) is 0 Å². The topological polar surface area (TPSA) is 20.2 Å². The molecule has 1 aromatic heterocycles. The molecule has 1 N–H and O–H groups in total. The number of thiol groups is 1. The van der Waals surface area contributed by atoms with Gasteiger partial charge >= 0.3 is 0 Å². The van der Waals surface area contributed by atoms with Crippen LogP contribution < -0.4 is 0 Å². The number of phenolic OH excluding ortho intramolecular Hbond substituents is 1. The number of hydrogen-bond donors (Lipinski definition) is 2. The molecule has 2 rings (SSSR count). The molecule has 0 spiro atoms. The zero-order valence-corrected chi connectivity index (χ0v) is 8.58. The average Bonchev–Trinajstić information content (AvgIpc) is 2.47. The largest absolute Gasteiger partial charge is 0.506 e. The van der Waals surface area contributed by atoms with Crippen LogP contribution in [0, 0.1) is 0 Å². The third-order valence-corrected chi connectivity index (χ3v) is 3.25. The molecule has 1 aromatic carbocycles. The minimum atomic E-state index is -2.49. The number of aromatic hydroxyl groups is 1. The van der Waals surface area contributed by atoms with Crippen LogP contribution in [0.2, 0.25) is 0 Å². The molecule has 1 heterocycles. The molecule has 0 fully saturated rings. The van der Waals surface area contributed by atoms with Crippen molar-refractivity contribution < 1.29 is 13.9 Å². The number of fused-ring (bicyclic) bond motifs is 1. The second-order valence-corrected chi connectivity index (χ2v) is 4.43. The van der Waals surface area contributed by atoms with E-state index in [1.54, 1.807) is 6.07 Å². The molecule has 74 valence electrons. The summed E-state index contributed by atoms with van der Waals surface area (Å²) in [6.45, 7) is 0. The standard InChI is InChI=1S/C9H6F2OS2/c10-9(11)7-2-4-1-5(13)3-6(12)8(4)14-7/h1-3,9,12-13H. The van der Waals surface area contributed by atoms with Crippen molar-refractivity contribution in [2.24, 2.45) is 0 Å². The highest BCUT2D eigenvalue weighted by molar-refractivity contribution is 7.80. The van der Waals surface area contributed by atoms with E-state index in [2.05, 4.69) is 12.6 Å². The third kappa shape index (κ3) is 1.57. The molecule has 0 aliphatic rings. The van der Waals surface area contributed by atoms with Crippen molar-refractivity contribution in [1.29, 1.82) is 0 Å². The first-order valence-corrected chi connectivity index (χ1v) is 5.08. The van der Waals surface area contributed by atoms with Gasteiger partial charge in [0, 0.05) is 4.90 Å². The van der Waals surface area contributed by atoms with E-state index in [0.29, 0.717) is 15.0 Å². The summed E-state index contributed by atoms with van der Waals surface area (Å²) in [4.78, 5) is 0.530. The minimum absolute atomic E-state index is 0.00407. The molecular formula is C9H6F2OS2. The number of rotatable bonds is 1. The summed E-state index contributed by atoms with van der Waals surface area (Å²) >= 11 is 4.95. The molecule has 0 amide bonds. The lowest BCUT2D eigenvalue weighted by Gasteiger charge is -1.95. The number of hydrogen-bond acceptors (Lipinski definition) is 3. The quantitative estimate of drug-likeness (QED) is 0.716. The Kier molecular flexibility index (Phi) is 2.36. The highest BCUT2D eigenvalue weighted by Crippen LogP contribution is 2.38. The van der Waals surface area contributed by atoms with Crippen molar-refractivity contribution in [3.8, 4) is 5.75 Å². The Hall–Kier alpha value is -0.810. The molecule has 0 aliphatic heterocycles. The SMILES string of the molecule is Oc1cc(S)cc2cc(C(F)F)sc12. The third-order valence-electron chi connectivity index (χ3n) is 1.82. The molecule has 0 aliphatic carbocycles. The Bertz CT molecular complexity index is 479. The molecule has 14 heavy (non-hydrogen) atoms. The smallest absolute Gasteiger partial charge is 0.272 e. The van der Waals surface area contributed by atoms with Gasteiger partial charge in [-0.2, -0.15) is 0 Å². The first-order chi connectivity index (χ1) is 6.58. The lowest BCUT2D eigenvalue weighted by Crippen LogP contribution is -1.72. The van der Waals surface area contributed by atoms with Crippen molar-refractivity contribution >= 4 is 34.1 Å². The summed E-state index contributed by atoms with van der Waals surface area (Å²) in [5, 5.41) is 10.1. The van der Waals surface area contributed by atoms with Gasteiger partial charge in [-0.1, -0.05) is 0 Å². The van der Waals surface area contributed by atoms with E-state index in [0.717, 1.165) is 11.3 Å². The molecule has 2 aromatic rings. The molecule has 0 radical (unpaired) electrons. The fourth-order valence-corrected chi connectivity index (χ4v) is 2.42. The van der Waals surface area contributed by atoms with Crippen molar-refractivity contribution in [2.45, 2.75) is 11.3 Å². The molecule has 1 nitrogen and oxygen atoms in total. The van der Waals surface area contributed by atoms with Crippen LogP contribution in [0.4, 0.5) is 8.78 Å². The second-order valence-electron chi connectivity index (χ2n) is 2.83. The van der Waals surface area contributed by atoms with Crippen LogP contribution in [-0.4, -0.2) is 5.11 Å². The van der Waals surface area contributed by atoms with E-state index in [9.17, 15) is 13.9 Å². The summed E-state index contributed by atoms with van der Waals surface area (Å²) in [7, 11) is 0. The first kappa shape index (κ1) is 9.73. The van der Waals surface area contributed by atoms with Crippen LogP contribution in [0.5, 0.6) is 5.75 Å². The molecular weight excluding hydrogens is 226 g/mol. The van der Waals surface area contributed by atoms with Crippen LogP contribution >= 0.6 is 24.0 Å². The lowest BCUT2D eigenvalue weighted by atomic mass is 10.2. The Labute approximate surface area is 88.4 Å². The molecule has 5 heteroatoms. The Morgan fingerprint density at radius 3 is 2.64 bits per heavy atom. The maximum atomic E-state index is 12.3. The van der Waals surface area contributed by atoms with Crippen molar-refractivity contribution in [1.82, 2.24) is 0 Å². The summed E-state index contributed by atoms with van der Waals surface area (Å²) in [6.07, 6.45) is -2.49. The van der Waals surface area contributed by atoms with E-state index < -0.39 is 6.43 Å². The van der Waals surface area contributed by atoms with E-state index in [1.165, 1.54) is 12.1 Å². The van der Waals surface area contributed by atoms with Crippen LogP contribution in [0.25, 0.3) is 10.1 Å². The molecule has 0 unspecified atom stereocenters. The summed E-state index contributed by atoms with van der Waals surface area (Å²) < 4.78 is 25.2. The Balaban J connectivity index is 2.70. The van der Waals surface area contributed by atoms with Gasteiger partial charge < -0.3 is 5.11 Å². The van der Waals surface area contributed by atoms with Gasteiger partial charge in [0.2, 0.25) is 0 Å².